The number of Topliss-reactive ketones (excluding diaryl/α,β-unsaturated/α-hetero) is 1. The van der Waals surface area contributed by atoms with Crippen LogP contribution in [0.15, 0.2) is 28.7 Å². The SMILES string of the molecule is CC1OCCC1S(=O)(=O)CC(=O)c1cccc(Br)c1. The minimum atomic E-state index is -3.46. The van der Waals surface area contributed by atoms with E-state index in [1.807, 2.05) is 0 Å². The second-order valence-electron chi connectivity index (χ2n) is 4.64. The Hall–Kier alpha value is -0.720. The lowest BCUT2D eigenvalue weighted by Gasteiger charge is -2.14. The number of carbonyl (C=O) groups is 1. The van der Waals surface area contributed by atoms with Crippen LogP contribution in [0.2, 0.25) is 0 Å². The highest BCUT2D eigenvalue weighted by Gasteiger charge is 2.36. The van der Waals surface area contributed by atoms with E-state index in [0.29, 0.717) is 18.6 Å². The summed E-state index contributed by atoms with van der Waals surface area (Å²) >= 11 is 3.26. The number of halogens is 1. The monoisotopic (exact) mass is 346 g/mol. The van der Waals surface area contributed by atoms with Crippen molar-refractivity contribution in [2.45, 2.75) is 24.7 Å². The van der Waals surface area contributed by atoms with Crippen molar-refractivity contribution in [2.75, 3.05) is 12.4 Å². The van der Waals surface area contributed by atoms with Gasteiger partial charge in [-0.1, -0.05) is 28.1 Å². The molecule has 1 aliphatic heterocycles. The lowest BCUT2D eigenvalue weighted by Crippen LogP contribution is -2.32. The van der Waals surface area contributed by atoms with Gasteiger partial charge in [-0.3, -0.25) is 4.79 Å². The molecule has 0 amide bonds. The molecule has 1 fully saturated rings. The van der Waals surface area contributed by atoms with E-state index in [9.17, 15) is 13.2 Å². The van der Waals surface area contributed by atoms with Gasteiger partial charge >= 0.3 is 0 Å². The summed E-state index contributed by atoms with van der Waals surface area (Å²) in [6, 6.07) is 6.76. The summed E-state index contributed by atoms with van der Waals surface area (Å²) in [4.78, 5) is 12.0. The molecule has 2 rings (SSSR count). The average molecular weight is 347 g/mol. The largest absolute Gasteiger partial charge is 0.377 e. The Balaban J connectivity index is 2.14. The summed E-state index contributed by atoms with van der Waals surface area (Å²) in [5.74, 6) is -0.831. The first kappa shape index (κ1) is 14.7. The molecular formula is C13H15BrO4S. The Morgan fingerprint density at radius 3 is 2.79 bits per heavy atom. The van der Waals surface area contributed by atoms with Crippen molar-refractivity contribution in [1.82, 2.24) is 0 Å². The summed E-state index contributed by atoms with van der Waals surface area (Å²) in [6.45, 7) is 2.18. The van der Waals surface area contributed by atoms with Gasteiger partial charge in [0.25, 0.3) is 0 Å². The fourth-order valence-corrected chi connectivity index (χ4v) is 4.48. The van der Waals surface area contributed by atoms with E-state index in [4.69, 9.17) is 4.74 Å². The van der Waals surface area contributed by atoms with Crippen LogP contribution in [0.5, 0.6) is 0 Å². The predicted octanol–water partition coefficient (Wildman–Crippen LogP) is 2.22. The first-order valence-electron chi connectivity index (χ1n) is 6.02. The average Bonchev–Trinajstić information content (AvgIpc) is 2.75. The highest BCUT2D eigenvalue weighted by molar-refractivity contribution is 9.10. The molecule has 104 valence electrons. The summed E-state index contributed by atoms with van der Waals surface area (Å²) in [7, 11) is -3.46. The fourth-order valence-electron chi connectivity index (χ4n) is 2.22. The van der Waals surface area contributed by atoms with E-state index in [1.54, 1.807) is 31.2 Å². The van der Waals surface area contributed by atoms with E-state index < -0.39 is 20.8 Å². The van der Waals surface area contributed by atoms with Crippen LogP contribution in [0.1, 0.15) is 23.7 Å². The topological polar surface area (TPSA) is 60.4 Å². The van der Waals surface area contributed by atoms with Gasteiger partial charge in [-0.2, -0.15) is 0 Å². The molecule has 0 N–H and O–H groups in total. The molecule has 2 atom stereocenters. The minimum Gasteiger partial charge on any atom is -0.377 e. The van der Waals surface area contributed by atoms with E-state index in [-0.39, 0.29) is 11.9 Å². The summed E-state index contributed by atoms with van der Waals surface area (Å²) < 4.78 is 30.4. The molecule has 19 heavy (non-hydrogen) atoms. The van der Waals surface area contributed by atoms with E-state index in [1.165, 1.54) is 0 Å². The number of carbonyl (C=O) groups excluding carboxylic acids is 1. The number of sulfone groups is 1. The summed E-state index contributed by atoms with van der Waals surface area (Å²) in [5, 5.41) is -0.566. The molecule has 1 aromatic carbocycles. The lowest BCUT2D eigenvalue weighted by molar-refractivity contribution is 0.102. The Morgan fingerprint density at radius 1 is 1.47 bits per heavy atom. The Kier molecular flexibility index (Phi) is 4.43. The minimum absolute atomic E-state index is 0.333. The van der Waals surface area contributed by atoms with E-state index in [0.717, 1.165) is 4.47 Å². The van der Waals surface area contributed by atoms with Gasteiger partial charge in [0, 0.05) is 16.6 Å². The summed E-state index contributed by atoms with van der Waals surface area (Å²) in [5.41, 5.74) is 0.407. The van der Waals surface area contributed by atoms with Gasteiger partial charge in [0.05, 0.1) is 11.4 Å². The molecule has 1 aliphatic rings. The molecule has 2 unspecified atom stereocenters. The molecule has 0 saturated carbocycles. The van der Waals surface area contributed by atoms with E-state index >= 15 is 0 Å². The van der Waals surface area contributed by atoms with Crippen LogP contribution in [0.25, 0.3) is 0 Å². The number of ketones is 1. The molecule has 0 radical (unpaired) electrons. The fraction of sp³-hybridized carbons (Fsp3) is 0.462. The maximum atomic E-state index is 12.2. The van der Waals surface area contributed by atoms with Crippen LogP contribution in [-0.4, -0.2) is 37.9 Å². The molecular weight excluding hydrogens is 332 g/mol. The van der Waals surface area contributed by atoms with Crippen LogP contribution < -0.4 is 0 Å². The summed E-state index contributed by atoms with van der Waals surface area (Å²) in [6.07, 6.45) is 0.134. The third kappa shape index (κ3) is 3.43. The predicted molar refractivity (Wildman–Crippen MR) is 76.1 cm³/mol. The standard InChI is InChI=1S/C13H15BrO4S/c1-9-13(5-6-18-9)19(16,17)8-12(15)10-3-2-4-11(14)7-10/h2-4,7,9,13H,5-6,8H2,1H3. The first-order chi connectivity index (χ1) is 8.90. The van der Waals surface area contributed by atoms with Gasteiger partial charge in [0.1, 0.15) is 5.75 Å². The quantitative estimate of drug-likeness (QED) is 0.784. The van der Waals surface area contributed by atoms with E-state index in [2.05, 4.69) is 15.9 Å². The zero-order valence-electron chi connectivity index (χ0n) is 10.5. The van der Waals surface area contributed by atoms with Crippen LogP contribution in [0.3, 0.4) is 0 Å². The molecule has 6 heteroatoms. The first-order valence-corrected chi connectivity index (χ1v) is 8.53. The van der Waals surface area contributed by atoms with Gasteiger partial charge < -0.3 is 4.74 Å². The molecule has 4 nitrogen and oxygen atoms in total. The number of hydrogen-bond acceptors (Lipinski definition) is 4. The van der Waals surface area contributed by atoms with Crippen LogP contribution in [0.4, 0.5) is 0 Å². The molecule has 0 bridgehead atoms. The zero-order chi connectivity index (χ0) is 14.0. The molecule has 0 spiro atoms. The van der Waals surface area contributed by atoms with Crippen molar-refractivity contribution in [3.8, 4) is 0 Å². The van der Waals surface area contributed by atoms with Crippen LogP contribution in [-0.2, 0) is 14.6 Å². The third-order valence-corrected chi connectivity index (χ3v) is 5.95. The maximum absolute atomic E-state index is 12.2. The highest BCUT2D eigenvalue weighted by Crippen LogP contribution is 2.22. The number of ether oxygens (including phenoxy) is 1. The molecule has 1 heterocycles. The number of rotatable bonds is 4. The normalized spacial score (nSPS) is 23.5. The van der Waals surface area contributed by atoms with Gasteiger partial charge in [-0.15, -0.1) is 0 Å². The molecule has 0 aromatic heterocycles. The van der Waals surface area contributed by atoms with Gasteiger partial charge in [0.15, 0.2) is 15.6 Å². The molecule has 1 saturated heterocycles. The van der Waals surface area contributed by atoms with Gasteiger partial charge in [-0.05, 0) is 25.5 Å². The van der Waals surface area contributed by atoms with Crippen molar-refractivity contribution in [2.24, 2.45) is 0 Å². The van der Waals surface area contributed by atoms with Crippen molar-refractivity contribution in [3.63, 3.8) is 0 Å². The van der Waals surface area contributed by atoms with Gasteiger partial charge in [-0.25, -0.2) is 8.42 Å². The van der Waals surface area contributed by atoms with Crippen molar-refractivity contribution < 1.29 is 17.9 Å². The van der Waals surface area contributed by atoms with Crippen molar-refractivity contribution in [3.05, 3.63) is 34.3 Å². The number of hydrogen-bond donors (Lipinski definition) is 0. The van der Waals surface area contributed by atoms with Gasteiger partial charge in [0.2, 0.25) is 0 Å². The maximum Gasteiger partial charge on any atom is 0.177 e. The Morgan fingerprint density at radius 2 is 2.21 bits per heavy atom. The smallest absolute Gasteiger partial charge is 0.177 e. The van der Waals surface area contributed by atoms with Crippen molar-refractivity contribution in [1.29, 1.82) is 0 Å². The zero-order valence-corrected chi connectivity index (χ0v) is 12.9. The lowest BCUT2D eigenvalue weighted by atomic mass is 10.2. The Labute approximate surface area is 121 Å². The van der Waals surface area contributed by atoms with Crippen LogP contribution in [0, 0.1) is 0 Å². The molecule has 0 aliphatic carbocycles. The second kappa shape index (κ2) is 5.73. The van der Waals surface area contributed by atoms with Crippen molar-refractivity contribution >= 4 is 31.6 Å². The highest BCUT2D eigenvalue weighted by atomic mass is 79.9. The Bertz CT molecular complexity index is 582. The molecule has 1 aromatic rings. The third-order valence-electron chi connectivity index (χ3n) is 3.25. The second-order valence-corrected chi connectivity index (χ2v) is 7.78. The van der Waals surface area contributed by atoms with Crippen LogP contribution >= 0.6 is 15.9 Å². The number of benzene rings is 1.